The molecule has 3 rings (SSSR count). The molecule has 3 aromatic rings. The van der Waals surface area contributed by atoms with Gasteiger partial charge >= 0.3 is 6.09 Å². The first kappa shape index (κ1) is 27.6. The summed E-state index contributed by atoms with van der Waals surface area (Å²) in [6.45, 7) is 6.35. The van der Waals surface area contributed by atoms with E-state index < -0.39 is 11.7 Å². The second kappa shape index (κ2) is 13.9. The lowest BCUT2D eigenvalue weighted by Gasteiger charge is -2.19. The van der Waals surface area contributed by atoms with Crippen LogP contribution in [-0.4, -0.2) is 26.6 Å². The molecule has 0 spiro atoms. The van der Waals surface area contributed by atoms with Gasteiger partial charge in [0, 0.05) is 31.7 Å². The van der Waals surface area contributed by atoms with Gasteiger partial charge in [-0.15, -0.1) is 0 Å². The molecule has 0 aliphatic rings. The maximum atomic E-state index is 11.3. The van der Waals surface area contributed by atoms with E-state index in [4.69, 9.17) is 32.9 Å². The zero-order chi connectivity index (χ0) is 25.6. The van der Waals surface area contributed by atoms with Crippen LogP contribution in [0.25, 0.3) is 0 Å². The lowest BCUT2D eigenvalue weighted by atomic mass is 10.2. The molecule has 1 amide bonds. The van der Waals surface area contributed by atoms with Crippen molar-refractivity contribution in [2.75, 3.05) is 17.2 Å². The van der Waals surface area contributed by atoms with Gasteiger partial charge in [-0.05, 0) is 68.3 Å². The zero-order valence-corrected chi connectivity index (χ0v) is 19.5. The van der Waals surface area contributed by atoms with Crippen LogP contribution < -0.4 is 28.3 Å². The number of hydrogen-bond acceptors (Lipinski definition) is 10. The van der Waals surface area contributed by atoms with Gasteiger partial charge in [-0.25, -0.2) is 19.7 Å². The number of nitrogens with two attached hydrogens (primary N) is 4. The van der Waals surface area contributed by atoms with Crippen LogP contribution in [0.4, 0.5) is 22.2 Å². The van der Waals surface area contributed by atoms with Crippen molar-refractivity contribution in [3.8, 4) is 6.07 Å². The number of alkyl carbamates (subject to hydrolysis) is 1. The number of rotatable bonds is 3. The van der Waals surface area contributed by atoms with Crippen LogP contribution in [0.3, 0.4) is 0 Å². The number of carbonyl (C=O) groups excluding carboxylic acids is 1. The second-order valence-electron chi connectivity index (χ2n) is 7.82. The molecule has 11 heteroatoms. The van der Waals surface area contributed by atoms with Gasteiger partial charge in [-0.1, -0.05) is 0 Å². The van der Waals surface area contributed by atoms with Crippen molar-refractivity contribution in [3.05, 3.63) is 71.7 Å². The van der Waals surface area contributed by atoms with Crippen LogP contribution in [0.5, 0.6) is 0 Å². The van der Waals surface area contributed by atoms with Crippen LogP contribution in [0.2, 0.25) is 0 Å². The Balaban J connectivity index is 0.000000274. The summed E-state index contributed by atoms with van der Waals surface area (Å²) in [6, 6.07) is 12.2. The molecule has 180 valence electrons. The number of amides is 1. The molecular weight excluding hydrogens is 434 g/mol. The van der Waals surface area contributed by atoms with Crippen molar-refractivity contribution >= 4 is 23.5 Å². The predicted molar refractivity (Wildman–Crippen MR) is 132 cm³/mol. The first-order valence-corrected chi connectivity index (χ1v) is 10.2. The Morgan fingerprint density at radius 3 is 1.85 bits per heavy atom. The van der Waals surface area contributed by atoms with Crippen molar-refractivity contribution in [2.24, 2.45) is 5.73 Å². The second-order valence-corrected chi connectivity index (χ2v) is 7.82. The SMILES string of the molecule is CC(C)(C)OC(=O)NCc1ccnc(N)c1.N#Cc1ccnc(N)c1.NCc1ccnc(N)c1. The molecule has 0 saturated carbocycles. The lowest BCUT2D eigenvalue weighted by Crippen LogP contribution is -2.32. The van der Waals surface area contributed by atoms with Crippen molar-refractivity contribution < 1.29 is 9.53 Å². The molecule has 11 nitrogen and oxygen atoms in total. The maximum Gasteiger partial charge on any atom is 0.407 e. The molecule has 9 N–H and O–H groups in total. The van der Waals surface area contributed by atoms with Gasteiger partial charge in [0.25, 0.3) is 0 Å². The van der Waals surface area contributed by atoms with E-state index in [1.165, 1.54) is 12.3 Å². The summed E-state index contributed by atoms with van der Waals surface area (Å²) < 4.78 is 5.09. The minimum Gasteiger partial charge on any atom is -0.444 e. The van der Waals surface area contributed by atoms with Crippen molar-refractivity contribution in [1.82, 2.24) is 20.3 Å². The molecule has 0 saturated heterocycles. The summed E-state index contributed by atoms with van der Waals surface area (Å²) in [7, 11) is 0. The third-order valence-electron chi connectivity index (χ3n) is 3.67. The number of carbonyl (C=O) groups is 1. The van der Waals surface area contributed by atoms with Gasteiger partial charge in [0.15, 0.2) is 0 Å². The van der Waals surface area contributed by atoms with E-state index in [2.05, 4.69) is 20.3 Å². The van der Waals surface area contributed by atoms with E-state index in [1.807, 2.05) is 32.9 Å². The fraction of sp³-hybridized carbons (Fsp3) is 0.261. The maximum absolute atomic E-state index is 11.3. The number of nitrogens with one attached hydrogen (secondary N) is 1. The smallest absolute Gasteiger partial charge is 0.407 e. The summed E-state index contributed by atoms with van der Waals surface area (Å²) >= 11 is 0. The van der Waals surface area contributed by atoms with Crippen LogP contribution in [-0.2, 0) is 17.8 Å². The number of aromatic nitrogens is 3. The number of nitriles is 1. The molecule has 3 heterocycles. The lowest BCUT2D eigenvalue weighted by molar-refractivity contribution is 0.0523. The molecule has 0 unspecified atom stereocenters. The fourth-order valence-corrected chi connectivity index (χ4v) is 2.23. The molecule has 0 aliphatic heterocycles. The van der Waals surface area contributed by atoms with E-state index in [-0.39, 0.29) is 0 Å². The third kappa shape index (κ3) is 12.4. The van der Waals surface area contributed by atoms with Gasteiger partial charge in [0.1, 0.15) is 23.1 Å². The summed E-state index contributed by atoms with van der Waals surface area (Å²) in [5.74, 6) is 1.34. The quantitative estimate of drug-likeness (QED) is 0.381. The molecule has 34 heavy (non-hydrogen) atoms. The molecule has 3 aromatic heterocycles. The summed E-state index contributed by atoms with van der Waals surface area (Å²) in [5.41, 5.74) is 23.4. The number of anilines is 3. The minimum atomic E-state index is -0.485. The van der Waals surface area contributed by atoms with Gasteiger partial charge in [-0.2, -0.15) is 5.26 Å². The third-order valence-corrected chi connectivity index (χ3v) is 3.67. The van der Waals surface area contributed by atoms with Crippen LogP contribution in [0.15, 0.2) is 55.0 Å². The van der Waals surface area contributed by atoms with E-state index >= 15 is 0 Å². The van der Waals surface area contributed by atoms with Crippen molar-refractivity contribution in [2.45, 2.75) is 39.5 Å². The molecular formula is C23H31N9O2. The molecule has 0 aromatic carbocycles. The standard InChI is InChI=1S/C11H17N3O2.C6H9N3.C6H5N3/c1-11(2,3)16-10(15)14-7-8-4-5-13-9(12)6-8;2*7-4-5-1-2-9-6(8)3-5/h4-6H,7H2,1-3H3,(H2,12,13)(H,14,15);1-3H,4,7H2,(H2,8,9);1-3H,(H2,8,9). The first-order chi connectivity index (χ1) is 16.0. The van der Waals surface area contributed by atoms with Gasteiger partial charge in [-0.3, -0.25) is 0 Å². The van der Waals surface area contributed by atoms with Crippen LogP contribution in [0, 0.1) is 11.3 Å². The fourth-order valence-electron chi connectivity index (χ4n) is 2.23. The predicted octanol–water partition coefficient (Wildman–Crippen LogP) is 2.35. The highest BCUT2D eigenvalue weighted by atomic mass is 16.6. The van der Waals surface area contributed by atoms with Crippen LogP contribution in [0.1, 0.15) is 37.5 Å². The normalized spacial score (nSPS) is 9.85. The number of hydrogen-bond donors (Lipinski definition) is 5. The Kier molecular flexibility index (Phi) is 11.3. The van der Waals surface area contributed by atoms with Crippen molar-refractivity contribution in [3.63, 3.8) is 0 Å². The molecule has 0 bridgehead atoms. The molecule has 0 atom stereocenters. The van der Waals surface area contributed by atoms with E-state index in [9.17, 15) is 4.79 Å². The largest absolute Gasteiger partial charge is 0.444 e. The average molecular weight is 466 g/mol. The highest BCUT2D eigenvalue weighted by molar-refractivity contribution is 5.67. The molecule has 0 radical (unpaired) electrons. The van der Waals surface area contributed by atoms with Crippen LogP contribution >= 0.6 is 0 Å². The highest BCUT2D eigenvalue weighted by Gasteiger charge is 2.15. The zero-order valence-electron chi connectivity index (χ0n) is 19.5. The summed E-state index contributed by atoms with van der Waals surface area (Å²) in [4.78, 5) is 22.7. The van der Waals surface area contributed by atoms with E-state index in [0.717, 1.165) is 11.1 Å². The average Bonchev–Trinajstić information content (AvgIpc) is 2.77. The minimum absolute atomic E-state index is 0.377. The number of pyridine rings is 3. The first-order valence-electron chi connectivity index (χ1n) is 10.2. The number of nitrogen functional groups attached to an aromatic ring is 3. The Hall–Kier alpha value is -4.43. The highest BCUT2D eigenvalue weighted by Crippen LogP contribution is 2.07. The van der Waals surface area contributed by atoms with Gasteiger partial charge < -0.3 is 33.0 Å². The Labute approximate surface area is 199 Å². The molecule has 0 aliphatic carbocycles. The van der Waals surface area contributed by atoms with Gasteiger partial charge in [0.05, 0.1) is 11.6 Å². The monoisotopic (exact) mass is 465 g/mol. The number of ether oxygens (including phenoxy) is 1. The molecule has 0 fully saturated rings. The Bertz CT molecular complexity index is 1090. The Morgan fingerprint density at radius 2 is 1.44 bits per heavy atom. The van der Waals surface area contributed by atoms with Gasteiger partial charge in [0.2, 0.25) is 0 Å². The summed E-state index contributed by atoms with van der Waals surface area (Å²) in [6.07, 6.45) is 4.32. The summed E-state index contributed by atoms with van der Waals surface area (Å²) in [5, 5.41) is 11.0. The number of nitrogens with zero attached hydrogens (tertiary/aromatic N) is 4. The van der Waals surface area contributed by atoms with Crippen molar-refractivity contribution in [1.29, 1.82) is 5.26 Å². The topological polar surface area (TPSA) is 205 Å². The van der Waals surface area contributed by atoms with E-state index in [1.54, 1.807) is 36.7 Å². The van der Waals surface area contributed by atoms with E-state index in [0.29, 0.717) is 36.1 Å². The Morgan fingerprint density at radius 1 is 0.941 bits per heavy atom.